The van der Waals surface area contributed by atoms with Crippen molar-refractivity contribution in [3.63, 3.8) is 0 Å². The van der Waals surface area contributed by atoms with Gasteiger partial charge in [0, 0.05) is 49.5 Å². The van der Waals surface area contributed by atoms with Crippen molar-refractivity contribution in [3.8, 4) is 28.3 Å². The molecule has 0 unspecified atom stereocenters. The Balaban J connectivity index is 1.48. The SMILES string of the molecule is Fc1ccc(-c2cc3n(c2)Cc2cc(N4CCCC4)ccc2-n2ccnc2-3)cc1. The molecule has 2 aromatic carbocycles. The number of aromatic nitrogens is 3. The standard InChI is InChI=1S/C24H21FN4/c25-20-5-3-17(4-6-20)18-14-23-24-26-9-12-29(24)22-8-7-21(27-10-1-2-11-27)13-19(22)16-28(23)15-18/h3-9,12-15H,1-2,10-11,16H2. The van der Waals surface area contributed by atoms with Crippen LogP contribution in [0.15, 0.2) is 67.1 Å². The number of nitrogens with zero attached hydrogens (tertiary/aromatic N) is 4. The zero-order valence-electron chi connectivity index (χ0n) is 16.1. The molecular formula is C24H21FN4. The molecule has 4 heterocycles. The van der Waals surface area contributed by atoms with Gasteiger partial charge in [0.2, 0.25) is 0 Å². The van der Waals surface area contributed by atoms with E-state index in [0.717, 1.165) is 42.3 Å². The quantitative estimate of drug-likeness (QED) is 0.423. The Hall–Kier alpha value is -3.34. The maximum atomic E-state index is 13.3. The van der Waals surface area contributed by atoms with Crippen molar-refractivity contribution in [3.05, 3.63) is 78.5 Å². The van der Waals surface area contributed by atoms with Crippen LogP contribution in [0.1, 0.15) is 18.4 Å². The topological polar surface area (TPSA) is 26.0 Å². The molecule has 4 nitrogen and oxygen atoms in total. The van der Waals surface area contributed by atoms with Crippen molar-refractivity contribution < 1.29 is 4.39 Å². The fourth-order valence-corrected chi connectivity index (χ4v) is 4.61. The second-order valence-corrected chi connectivity index (χ2v) is 7.88. The lowest BCUT2D eigenvalue weighted by atomic mass is 10.1. The van der Waals surface area contributed by atoms with Crippen LogP contribution in [-0.2, 0) is 6.54 Å². The summed E-state index contributed by atoms with van der Waals surface area (Å²) in [5.74, 6) is 0.722. The molecule has 2 aliphatic rings. The number of imidazole rings is 1. The van der Waals surface area contributed by atoms with Crippen molar-refractivity contribution >= 4 is 5.69 Å². The molecule has 0 aliphatic carbocycles. The number of hydrogen-bond acceptors (Lipinski definition) is 2. The van der Waals surface area contributed by atoms with Gasteiger partial charge in [-0.25, -0.2) is 9.37 Å². The van der Waals surface area contributed by atoms with Crippen LogP contribution in [0.3, 0.4) is 0 Å². The van der Waals surface area contributed by atoms with E-state index in [1.54, 1.807) is 0 Å². The molecule has 0 bridgehead atoms. The van der Waals surface area contributed by atoms with Crippen LogP contribution < -0.4 is 4.90 Å². The van der Waals surface area contributed by atoms with E-state index in [-0.39, 0.29) is 5.82 Å². The molecule has 0 atom stereocenters. The molecule has 0 spiro atoms. The number of halogens is 1. The highest BCUT2D eigenvalue weighted by molar-refractivity contribution is 5.72. The van der Waals surface area contributed by atoms with E-state index in [0.29, 0.717) is 0 Å². The lowest BCUT2D eigenvalue weighted by molar-refractivity contribution is 0.628. The molecule has 29 heavy (non-hydrogen) atoms. The van der Waals surface area contributed by atoms with Crippen molar-refractivity contribution in [2.45, 2.75) is 19.4 Å². The van der Waals surface area contributed by atoms with Gasteiger partial charge in [-0.1, -0.05) is 12.1 Å². The van der Waals surface area contributed by atoms with Crippen molar-refractivity contribution in [2.24, 2.45) is 0 Å². The number of fused-ring (bicyclic) bond motifs is 5. The first-order chi connectivity index (χ1) is 14.3. The lowest BCUT2D eigenvalue weighted by Crippen LogP contribution is -2.18. The summed E-state index contributed by atoms with van der Waals surface area (Å²) in [5.41, 5.74) is 6.94. The minimum atomic E-state index is -0.214. The highest BCUT2D eigenvalue weighted by Gasteiger charge is 2.22. The number of hydrogen-bond donors (Lipinski definition) is 0. The smallest absolute Gasteiger partial charge is 0.161 e. The molecule has 0 saturated carbocycles. The first kappa shape index (κ1) is 16.6. The summed E-state index contributed by atoms with van der Waals surface area (Å²) in [5, 5.41) is 0. The van der Waals surface area contributed by atoms with E-state index in [1.165, 1.54) is 41.9 Å². The summed E-state index contributed by atoms with van der Waals surface area (Å²) in [7, 11) is 0. The third-order valence-corrected chi connectivity index (χ3v) is 6.08. The average molecular weight is 384 g/mol. The van der Waals surface area contributed by atoms with Crippen molar-refractivity contribution in [1.82, 2.24) is 14.1 Å². The Morgan fingerprint density at radius 1 is 0.897 bits per heavy atom. The Morgan fingerprint density at radius 3 is 2.55 bits per heavy atom. The molecule has 4 aromatic rings. The molecule has 1 saturated heterocycles. The van der Waals surface area contributed by atoms with Gasteiger partial charge in [0.1, 0.15) is 5.82 Å². The van der Waals surface area contributed by atoms with Gasteiger partial charge in [0.25, 0.3) is 0 Å². The molecule has 0 N–H and O–H groups in total. The third-order valence-electron chi connectivity index (χ3n) is 6.08. The van der Waals surface area contributed by atoms with Crippen LogP contribution in [0, 0.1) is 5.82 Å². The second-order valence-electron chi connectivity index (χ2n) is 7.88. The van der Waals surface area contributed by atoms with Gasteiger partial charge < -0.3 is 9.47 Å². The third kappa shape index (κ3) is 2.69. The molecule has 1 fully saturated rings. The number of benzene rings is 2. The zero-order chi connectivity index (χ0) is 19.4. The van der Waals surface area contributed by atoms with Gasteiger partial charge in [-0.05, 0) is 60.4 Å². The predicted molar refractivity (Wildman–Crippen MR) is 113 cm³/mol. The van der Waals surface area contributed by atoms with Gasteiger partial charge in [0.15, 0.2) is 5.82 Å². The predicted octanol–water partition coefficient (Wildman–Crippen LogP) is 5.11. The summed E-state index contributed by atoms with van der Waals surface area (Å²) in [4.78, 5) is 7.12. The second kappa shape index (κ2) is 6.34. The summed E-state index contributed by atoms with van der Waals surface area (Å²) >= 11 is 0. The minimum Gasteiger partial charge on any atom is -0.372 e. The molecule has 2 aromatic heterocycles. The van der Waals surface area contributed by atoms with E-state index in [2.05, 4.69) is 49.5 Å². The molecule has 5 heteroatoms. The van der Waals surface area contributed by atoms with E-state index < -0.39 is 0 Å². The van der Waals surface area contributed by atoms with Crippen LogP contribution in [0.2, 0.25) is 0 Å². The van der Waals surface area contributed by atoms with E-state index in [1.807, 2.05) is 24.5 Å². The first-order valence-electron chi connectivity index (χ1n) is 10.1. The zero-order valence-corrected chi connectivity index (χ0v) is 16.1. The van der Waals surface area contributed by atoms with Gasteiger partial charge in [0.05, 0.1) is 11.4 Å². The monoisotopic (exact) mass is 384 g/mol. The van der Waals surface area contributed by atoms with E-state index in [9.17, 15) is 4.39 Å². The van der Waals surface area contributed by atoms with Gasteiger partial charge in [-0.3, -0.25) is 4.57 Å². The fraction of sp³-hybridized carbons (Fsp3) is 0.208. The Kier molecular flexibility index (Phi) is 3.63. The van der Waals surface area contributed by atoms with E-state index >= 15 is 0 Å². The maximum absolute atomic E-state index is 13.3. The number of anilines is 1. The summed E-state index contributed by atoms with van der Waals surface area (Å²) < 4.78 is 17.8. The molecule has 6 rings (SSSR count). The highest BCUT2D eigenvalue weighted by atomic mass is 19.1. The van der Waals surface area contributed by atoms with Crippen molar-refractivity contribution in [1.29, 1.82) is 0 Å². The van der Waals surface area contributed by atoms with Gasteiger partial charge in [-0.15, -0.1) is 0 Å². The average Bonchev–Trinajstić information content (AvgIpc) is 3.48. The van der Waals surface area contributed by atoms with Gasteiger partial charge in [-0.2, -0.15) is 0 Å². The Labute approximate surface area is 168 Å². The normalized spacial score (nSPS) is 15.0. The molecule has 0 radical (unpaired) electrons. The molecular weight excluding hydrogens is 363 g/mol. The minimum absolute atomic E-state index is 0.214. The van der Waals surface area contributed by atoms with Crippen LogP contribution in [0.4, 0.5) is 10.1 Å². The van der Waals surface area contributed by atoms with Crippen LogP contribution in [-0.4, -0.2) is 27.2 Å². The first-order valence-corrected chi connectivity index (χ1v) is 10.1. The lowest BCUT2D eigenvalue weighted by Gasteiger charge is -2.20. The van der Waals surface area contributed by atoms with Gasteiger partial charge >= 0.3 is 0 Å². The van der Waals surface area contributed by atoms with Crippen molar-refractivity contribution in [2.75, 3.05) is 18.0 Å². The Bertz CT molecular complexity index is 1200. The molecule has 0 amide bonds. The fourth-order valence-electron chi connectivity index (χ4n) is 4.61. The molecule has 144 valence electrons. The number of rotatable bonds is 2. The highest BCUT2D eigenvalue weighted by Crippen LogP contribution is 2.35. The van der Waals surface area contributed by atoms with E-state index in [4.69, 9.17) is 0 Å². The summed E-state index contributed by atoms with van der Waals surface area (Å²) in [6, 6.07) is 15.6. The van der Waals surface area contributed by atoms with Crippen LogP contribution >= 0.6 is 0 Å². The Morgan fingerprint density at radius 2 is 1.72 bits per heavy atom. The summed E-state index contributed by atoms with van der Waals surface area (Å²) in [6.07, 6.45) is 8.58. The summed E-state index contributed by atoms with van der Waals surface area (Å²) in [6.45, 7) is 3.06. The largest absolute Gasteiger partial charge is 0.372 e. The van der Waals surface area contributed by atoms with Crippen LogP contribution in [0.25, 0.3) is 28.3 Å². The van der Waals surface area contributed by atoms with Crippen LogP contribution in [0.5, 0.6) is 0 Å². The maximum Gasteiger partial charge on any atom is 0.161 e. The molecule has 2 aliphatic heterocycles.